The third-order valence-corrected chi connectivity index (χ3v) is 5.83. The fraction of sp³-hybridized carbons (Fsp3) is 0.120. The molecule has 0 aromatic carbocycles. The molecule has 0 radical (unpaired) electrons. The van der Waals surface area contributed by atoms with Crippen molar-refractivity contribution in [3.05, 3.63) is 105 Å². The van der Waals surface area contributed by atoms with Crippen LogP contribution in [0.3, 0.4) is 0 Å². The summed E-state index contributed by atoms with van der Waals surface area (Å²) in [6.45, 7) is 3.19. The lowest BCUT2D eigenvalue weighted by Gasteiger charge is -2.16. The number of aryl methyl sites for hydroxylation is 2. The van der Waals surface area contributed by atoms with Crippen LogP contribution < -0.4 is 10.3 Å². The molecule has 0 fully saturated rings. The molecule has 0 aliphatic carbocycles. The van der Waals surface area contributed by atoms with Gasteiger partial charge < -0.3 is 4.74 Å². The zero-order valence-electron chi connectivity index (χ0n) is 19.6. The zero-order valence-corrected chi connectivity index (χ0v) is 20.3. The van der Waals surface area contributed by atoms with Crippen LogP contribution in [-0.2, 0) is 6.61 Å². The molecule has 0 atom stereocenters. The summed E-state index contributed by atoms with van der Waals surface area (Å²) in [6, 6.07) is 7.46. The molecule has 0 unspecified atom stereocenters. The summed E-state index contributed by atoms with van der Waals surface area (Å²) in [5, 5.41) is 3.94. The smallest absolute Gasteiger partial charge is 0.277 e. The Bertz CT molecular complexity index is 1670. The van der Waals surface area contributed by atoms with Gasteiger partial charge in [0.15, 0.2) is 5.82 Å². The van der Waals surface area contributed by atoms with Crippen LogP contribution in [0.4, 0.5) is 8.78 Å². The topological polar surface area (TPSA) is 101 Å². The molecule has 0 saturated heterocycles. The summed E-state index contributed by atoms with van der Waals surface area (Å²) >= 11 is 6.36. The van der Waals surface area contributed by atoms with Gasteiger partial charge in [0.2, 0.25) is 0 Å². The van der Waals surface area contributed by atoms with Crippen LogP contribution in [0, 0.1) is 25.5 Å². The molecule has 0 aliphatic rings. The Morgan fingerprint density at radius 2 is 1.86 bits per heavy atom. The highest BCUT2D eigenvalue weighted by Crippen LogP contribution is 2.27. The molecule has 37 heavy (non-hydrogen) atoms. The first kappa shape index (κ1) is 24.2. The van der Waals surface area contributed by atoms with E-state index in [4.69, 9.17) is 16.3 Å². The summed E-state index contributed by atoms with van der Waals surface area (Å²) in [4.78, 5) is 30.2. The van der Waals surface area contributed by atoms with Crippen LogP contribution in [0.25, 0.3) is 23.0 Å². The van der Waals surface area contributed by atoms with E-state index >= 15 is 0 Å². The van der Waals surface area contributed by atoms with Gasteiger partial charge in [0.05, 0.1) is 23.3 Å². The van der Waals surface area contributed by atoms with Gasteiger partial charge in [-0.05, 0) is 37.6 Å². The van der Waals surface area contributed by atoms with Crippen LogP contribution in [0.5, 0.6) is 5.75 Å². The highest BCUT2D eigenvalue weighted by molar-refractivity contribution is 6.31. The van der Waals surface area contributed by atoms with Crippen molar-refractivity contribution in [2.45, 2.75) is 20.5 Å². The van der Waals surface area contributed by atoms with E-state index in [0.29, 0.717) is 34.8 Å². The number of aromatic nitrogens is 7. The molecule has 5 aromatic heterocycles. The molecular weight excluding hydrogens is 504 g/mol. The SMILES string of the molecule is Cc1cnc(-c2ccnc(-n3cccn3)n2)cc1-n1c(C)cc(OCc2ncc(F)cc2F)c(Cl)c1=O. The lowest BCUT2D eigenvalue weighted by atomic mass is 10.1. The first-order valence-corrected chi connectivity index (χ1v) is 11.3. The van der Waals surface area contributed by atoms with Crippen LogP contribution in [0.1, 0.15) is 17.0 Å². The van der Waals surface area contributed by atoms with E-state index in [1.165, 1.54) is 9.25 Å². The molecule has 0 amide bonds. The van der Waals surface area contributed by atoms with Crippen molar-refractivity contribution in [2.75, 3.05) is 0 Å². The van der Waals surface area contributed by atoms with Crippen LogP contribution >= 0.6 is 11.6 Å². The highest BCUT2D eigenvalue weighted by atomic mass is 35.5. The summed E-state index contributed by atoms with van der Waals surface area (Å²) in [6.07, 6.45) is 7.46. The normalized spacial score (nSPS) is 11.1. The van der Waals surface area contributed by atoms with Gasteiger partial charge in [-0.2, -0.15) is 5.10 Å². The fourth-order valence-corrected chi connectivity index (χ4v) is 3.86. The Kier molecular flexibility index (Phi) is 6.45. The second-order valence-corrected chi connectivity index (χ2v) is 8.40. The molecule has 5 heterocycles. The first-order valence-electron chi connectivity index (χ1n) is 11.0. The summed E-state index contributed by atoms with van der Waals surface area (Å²) < 4.78 is 35.6. The molecule has 5 aromatic rings. The number of hydrogen-bond acceptors (Lipinski definition) is 7. The standard InChI is InChI=1S/C25H18ClF2N7O2/c1-14-11-30-19(18-4-6-29-25(33-18)34-7-3-5-32-34)10-21(14)35-15(2)8-22(23(26)24(35)36)37-13-20-17(28)9-16(27)12-31-20/h3-12H,13H2,1-2H3. The maximum absolute atomic E-state index is 13.9. The fourth-order valence-electron chi connectivity index (χ4n) is 3.66. The summed E-state index contributed by atoms with van der Waals surface area (Å²) in [5.74, 6) is -1.24. The number of ether oxygens (including phenoxy) is 1. The predicted octanol–water partition coefficient (Wildman–Crippen LogP) is 4.40. The Labute approximate surface area is 214 Å². The molecular formula is C25H18ClF2N7O2. The Balaban J connectivity index is 1.50. The van der Waals surface area contributed by atoms with E-state index < -0.39 is 17.2 Å². The third-order valence-electron chi connectivity index (χ3n) is 5.48. The molecule has 0 aliphatic heterocycles. The molecule has 12 heteroatoms. The molecule has 0 saturated carbocycles. The minimum absolute atomic E-state index is 0.0533. The summed E-state index contributed by atoms with van der Waals surface area (Å²) in [7, 11) is 0. The van der Waals surface area contributed by atoms with Crippen molar-refractivity contribution >= 4 is 11.6 Å². The highest BCUT2D eigenvalue weighted by Gasteiger charge is 2.18. The Hall–Kier alpha value is -4.51. The van der Waals surface area contributed by atoms with Gasteiger partial charge in [-0.25, -0.2) is 23.4 Å². The van der Waals surface area contributed by atoms with Crippen LogP contribution in [-0.4, -0.2) is 34.3 Å². The average Bonchev–Trinajstić information content (AvgIpc) is 3.43. The van der Waals surface area contributed by atoms with E-state index in [1.54, 1.807) is 56.0 Å². The van der Waals surface area contributed by atoms with Crippen molar-refractivity contribution in [3.8, 4) is 28.8 Å². The first-order chi connectivity index (χ1) is 17.8. The minimum atomic E-state index is -0.860. The number of halogens is 3. The van der Waals surface area contributed by atoms with Crippen LogP contribution in [0.2, 0.25) is 5.02 Å². The van der Waals surface area contributed by atoms with E-state index in [0.717, 1.165) is 11.8 Å². The van der Waals surface area contributed by atoms with Crippen molar-refractivity contribution in [1.82, 2.24) is 34.3 Å². The van der Waals surface area contributed by atoms with Gasteiger partial charge in [0.1, 0.15) is 28.9 Å². The molecule has 0 spiro atoms. The van der Waals surface area contributed by atoms with Gasteiger partial charge in [-0.15, -0.1) is 0 Å². The lowest BCUT2D eigenvalue weighted by Crippen LogP contribution is -2.23. The number of hydrogen-bond donors (Lipinski definition) is 0. The molecule has 9 nitrogen and oxygen atoms in total. The average molecular weight is 522 g/mol. The molecule has 0 N–H and O–H groups in total. The second-order valence-electron chi connectivity index (χ2n) is 8.02. The third kappa shape index (κ3) is 4.81. The minimum Gasteiger partial charge on any atom is -0.485 e. The van der Waals surface area contributed by atoms with Crippen molar-refractivity contribution in [3.63, 3.8) is 0 Å². The maximum atomic E-state index is 13.9. The Morgan fingerprint density at radius 3 is 2.62 bits per heavy atom. The Morgan fingerprint density at radius 1 is 1.03 bits per heavy atom. The zero-order chi connectivity index (χ0) is 26.1. The van der Waals surface area contributed by atoms with Gasteiger partial charge in [0.25, 0.3) is 11.5 Å². The van der Waals surface area contributed by atoms with Gasteiger partial charge in [0, 0.05) is 42.6 Å². The van der Waals surface area contributed by atoms with Crippen molar-refractivity contribution < 1.29 is 13.5 Å². The number of rotatable bonds is 6. The van der Waals surface area contributed by atoms with E-state index in [-0.39, 0.29) is 23.1 Å². The number of pyridine rings is 3. The molecule has 186 valence electrons. The predicted molar refractivity (Wildman–Crippen MR) is 131 cm³/mol. The van der Waals surface area contributed by atoms with E-state index in [1.807, 2.05) is 6.92 Å². The monoisotopic (exact) mass is 521 g/mol. The second kappa shape index (κ2) is 9.86. The quantitative estimate of drug-likeness (QED) is 0.326. The molecule has 5 rings (SSSR count). The van der Waals surface area contributed by atoms with Crippen LogP contribution in [0.15, 0.2) is 66.1 Å². The van der Waals surface area contributed by atoms with Crippen molar-refractivity contribution in [1.29, 1.82) is 0 Å². The van der Waals surface area contributed by atoms with E-state index in [2.05, 4.69) is 25.0 Å². The van der Waals surface area contributed by atoms with Gasteiger partial charge >= 0.3 is 0 Å². The lowest BCUT2D eigenvalue weighted by molar-refractivity contribution is 0.292. The van der Waals surface area contributed by atoms with Crippen molar-refractivity contribution in [2.24, 2.45) is 0 Å². The molecule has 0 bridgehead atoms. The summed E-state index contributed by atoms with van der Waals surface area (Å²) in [5.41, 5.74) is 2.17. The van der Waals surface area contributed by atoms with Gasteiger partial charge in [-0.3, -0.25) is 19.3 Å². The van der Waals surface area contributed by atoms with E-state index in [9.17, 15) is 13.6 Å². The number of nitrogens with zero attached hydrogens (tertiary/aromatic N) is 7. The van der Waals surface area contributed by atoms with Gasteiger partial charge in [-0.1, -0.05) is 11.6 Å². The largest absolute Gasteiger partial charge is 0.485 e. The maximum Gasteiger partial charge on any atom is 0.277 e.